The highest BCUT2D eigenvalue weighted by atomic mass is 16.1. The maximum absolute atomic E-state index is 12.5. The molecule has 28 heavy (non-hydrogen) atoms. The Morgan fingerprint density at radius 1 is 1.07 bits per heavy atom. The summed E-state index contributed by atoms with van der Waals surface area (Å²) in [6.45, 7) is 3.11. The van der Waals surface area contributed by atoms with E-state index < -0.39 is 0 Å². The lowest BCUT2D eigenvalue weighted by Gasteiger charge is -2.20. The minimum absolute atomic E-state index is 0.192. The van der Waals surface area contributed by atoms with Gasteiger partial charge in [0.2, 0.25) is 0 Å². The van der Waals surface area contributed by atoms with Gasteiger partial charge in [-0.25, -0.2) is 14.6 Å². The number of nitrogens with one attached hydrogen (secondary N) is 1. The summed E-state index contributed by atoms with van der Waals surface area (Å²) < 4.78 is 1.88. The molecule has 0 atom stereocenters. The number of rotatable bonds is 9. The number of hydrogen-bond donors (Lipinski definition) is 1. The van der Waals surface area contributed by atoms with Gasteiger partial charge in [0.25, 0.3) is 5.56 Å². The number of unbranched alkanes of at least 4 members (excludes halogenated alkanes) is 3. The Balaban J connectivity index is 1.81. The van der Waals surface area contributed by atoms with Crippen molar-refractivity contribution in [1.29, 1.82) is 0 Å². The predicted octanol–water partition coefficient (Wildman–Crippen LogP) is 2.92. The van der Waals surface area contributed by atoms with Crippen LogP contribution in [0.3, 0.4) is 0 Å². The first kappa shape index (κ1) is 19.9. The number of hydrogen-bond acceptors (Lipinski definition) is 5. The van der Waals surface area contributed by atoms with Crippen LogP contribution in [0.15, 0.2) is 35.4 Å². The number of benzene rings is 1. The molecule has 0 amide bonds. The molecule has 0 bridgehead atoms. The average Bonchev–Trinajstić information content (AvgIpc) is 3.10. The molecule has 1 aromatic carbocycles. The third-order valence-corrected chi connectivity index (χ3v) is 4.97. The summed E-state index contributed by atoms with van der Waals surface area (Å²) in [5.41, 5.74) is 3.05. The van der Waals surface area contributed by atoms with E-state index in [0.717, 1.165) is 24.2 Å². The molecule has 0 radical (unpaired) electrons. The van der Waals surface area contributed by atoms with Crippen molar-refractivity contribution < 1.29 is 0 Å². The van der Waals surface area contributed by atoms with E-state index in [1.807, 2.05) is 25.8 Å². The summed E-state index contributed by atoms with van der Waals surface area (Å²) in [6.07, 6.45) is 7.03. The first-order valence-electron chi connectivity index (χ1n) is 9.93. The fraction of sp³-hybridized carbons (Fsp3) is 0.476. The second-order valence-corrected chi connectivity index (χ2v) is 7.45. The van der Waals surface area contributed by atoms with Gasteiger partial charge in [-0.3, -0.25) is 4.79 Å². The van der Waals surface area contributed by atoms with E-state index in [0.29, 0.717) is 23.4 Å². The van der Waals surface area contributed by atoms with Gasteiger partial charge >= 0.3 is 0 Å². The molecule has 0 saturated heterocycles. The molecular formula is C21H30N6O. The largest absolute Gasteiger partial charge is 0.378 e. The SMILES string of the molecule is CCCCCCN(C)n1cnc2c(=O)[nH]c(Cc3ccc(N(C)C)cc3)nc21. The van der Waals surface area contributed by atoms with Crippen molar-refractivity contribution in [2.45, 2.75) is 39.0 Å². The van der Waals surface area contributed by atoms with Crippen LogP contribution in [0.1, 0.15) is 44.0 Å². The molecule has 7 nitrogen and oxygen atoms in total. The van der Waals surface area contributed by atoms with Crippen LogP contribution in [-0.2, 0) is 6.42 Å². The van der Waals surface area contributed by atoms with Gasteiger partial charge in [0.1, 0.15) is 12.2 Å². The number of imidazole rings is 1. The van der Waals surface area contributed by atoms with Gasteiger partial charge in [-0.2, -0.15) is 0 Å². The first-order chi connectivity index (χ1) is 13.5. The molecule has 7 heteroatoms. The van der Waals surface area contributed by atoms with Crippen LogP contribution in [0.5, 0.6) is 0 Å². The molecule has 2 aromatic heterocycles. The lowest BCUT2D eigenvalue weighted by Crippen LogP contribution is -2.31. The number of nitrogens with zero attached hydrogens (tertiary/aromatic N) is 5. The van der Waals surface area contributed by atoms with E-state index in [4.69, 9.17) is 4.98 Å². The number of fused-ring (bicyclic) bond motifs is 1. The van der Waals surface area contributed by atoms with E-state index in [1.54, 1.807) is 6.33 Å². The maximum atomic E-state index is 12.5. The van der Waals surface area contributed by atoms with Crippen LogP contribution < -0.4 is 15.5 Å². The van der Waals surface area contributed by atoms with E-state index in [-0.39, 0.29) is 5.56 Å². The van der Waals surface area contributed by atoms with E-state index in [9.17, 15) is 4.79 Å². The molecule has 150 valence electrons. The topological polar surface area (TPSA) is 70.1 Å². The Kier molecular flexibility index (Phi) is 6.34. The monoisotopic (exact) mass is 382 g/mol. The van der Waals surface area contributed by atoms with Gasteiger partial charge in [-0.1, -0.05) is 38.3 Å². The fourth-order valence-corrected chi connectivity index (χ4v) is 3.26. The summed E-state index contributed by atoms with van der Waals surface area (Å²) in [5.74, 6) is 0.649. The van der Waals surface area contributed by atoms with Gasteiger partial charge in [0.15, 0.2) is 11.2 Å². The van der Waals surface area contributed by atoms with Gasteiger partial charge < -0.3 is 14.9 Å². The molecule has 2 heterocycles. The lowest BCUT2D eigenvalue weighted by atomic mass is 10.1. The molecule has 0 aliphatic heterocycles. The molecule has 3 rings (SSSR count). The number of aromatic nitrogens is 4. The molecule has 3 aromatic rings. The standard InChI is InChI=1S/C21H30N6O/c1-5-6-7-8-13-26(4)27-15-22-19-20(27)23-18(24-21(19)28)14-16-9-11-17(12-10-16)25(2)3/h9-12,15H,5-8,13-14H2,1-4H3,(H,23,24,28). The third kappa shape index (κ3) is 4.52. The number of H-pyrrole nitrogens is 1. The van der Waals surface area contributed by atoms with Crippen molar-refractivity contribution in [2.75, 3.05) is 37.6 Å². The van der Waals surface area contributed by atoms with Crippen LogP contribution in [0.4, 0.5) is 5.69 Å². The minimum Gasteiger partial charge on any atom is -0.378 e. The lowest BCUT2D eigenvalue weighted by molar-refractivity contribution is 0.591. The zero-order chi connectivity index (χ0) is 20.1. The Hall–Kier alpha value is -2.83. The molecule has 0 unspecified atom stereocenters. The summed E-state index contributed by atoms with van der Waals surface area (Å²) in [7, 11) is 6.04. The maximum Gasteiger partial charge on any atom is 0.279 e. The van der Waals surface area contributed by atoms with E-state index >= 15 is 0 Å². The van der Waals surface area contributed by atoms with Crippen molar-refractivity contribution in [3.8, 4) is 0 Å². The minimum atomic E-state index is -0.192. The second-order valence-electron chi connectivity index (χ2n) is 7.45. The molecule has 0 aliphatic carbocycles. The van der Waals surface area contributed by atoms with E-state index in [2.05, 4.69) is 51.1 Å². The fourth-order valence-electron chi connectivity index (χ4n) is 3.26. The number of anilines is 1. The molecule has 0 spiro atoms. The van der Waals surface area contributed by atoms with Crippen molar-refractivity contribution in [2.24, 2.45) is 0 Å². The summed E-state index contributed by atoms with van der Waals surface area (Å²) in [5, 5.41) is 2.08. The second kappa shape index (κ2) is 8.91. The van der Waals surface area contributed by atoms with Gasteiger partial charge in [-0.15, -0.1) is 0 Å². The molecule has 0 aliphatic rings. The van der Waals surface area contributed by atoms with Crippen molar-refractivity contribution in [3.05, 3.63) is 52.3 Å². The highest BCUT2D eigenvalue weighted by molar-refractivity contribution is 5.69. The first-order valence-corrected chi connectivity index (χ1v) is 9.93. The highest BCUT2D eigenvalue weighted by Gasteiger charge is 2.13. The van der Waals surface area contributed by atoms with Gasteiger partial charge in [0, 0.05) is 39.8 Å². The van der Waals surface area contributed by atoms with Gasteiger partial charge in [-0.05, 0) is 24.1 Å². The van der Waals surface area contributed by atoms with Crippen LogP contribution in [-0.4, -0.2) is 47.3 Å². The predicted molar refractivity (Wildman–Crippen MR) is 115 cm³/mol. The van der Waals surface area contributed by atoms with Crippen molar-refractivity contribution >= 4 is 16.9 Å². The number of aromatic amines is 1. The molecule has 0 fully saturated rings. The zero-order valence-electron chi connectivity index (χ0n) is 17.3. The van der Waals surface area contributed by atoms with Crippen LogP contribution in [0.2, 0.25) is 0 Å². The van der Waals surface area contributed by atoms with Crippen molar-refractivity contribution in [3.63, 3.8) is 0 Å². The summed E-state index contributed by atoms with van der Waals surface area (Å²) >= 11 is 0. The Morgan fingerprint density at radius 3 is 2.50 bits per heavy atom. The van der Waals surface area contributed by atoms with Crippen LogP contribution >= 0.6 is 0 Å². The summed E-state index contributed by atoms with van der Waals surface area (Å²) in [4.78, 5) is 26.4. The zero-order valence-corrected chi connectivity index (χ0v) is 17.3. The Morgan fingerprint density at radius 2 is 1.82 bits per heavy atom. The highest BCUT2D eigenvalue weighted by Crippen LogP contribution is 2.15. The summed E-state index contributed by atoms with van der Waals surface area (Å²) in [6, 6.07) is 8.27. The van der Waals surface area contributed by atoms with Crippen LogP contribution in [0.25, 0.3) is 11.2 Å². The normalized spacial score (nSPS) is 11.1. The molecular weight excluding hydrogens is 352 g/mol. The quantitative estimate of drug-likeness (QED) is 0.576. The van der Waals surface area contributed by atoms with E-state index in [1.165, 1.54) is 19.3 Å². The molecule has 0 saturated carbocycles. The smallest absolute Gasteiger partial charge is 0.279 e. The van der Waals surface area contributed by atoms with Crippen LogP contribution in [0, 0.1) is 0 Å². The Bertz CT molecular complexity index is 957. The Labute approximate surface area is 166 Å². The third-order valence-electron chi connectivity index (χ3n) is 4.97. The average molecular weight is 383 g/mol. The molecule has 1 N–H and O–H groups in total. The van der Waals surface area contributed by atoms with Gasteiger partial charge in [0.05, 0.1) is 0 Å². The van der Waals surface area contributed by atoms with Crippen molar-refractivity contribution in [1.82, 2.24) is 19.6 Å².